The molecule has 0 saturated heterocycles. The highest BCUT2D eigenvalue weighted by Crippen LogP contribution is 2.42. The summed E-state index contributed by atoms with van der Waals surface area (Å²) in [7, 11) is 7.82. The lowest BCUT2D eigenvalue weighted by Gasteiger charge is -2.30. The number of anilines is 1. The average Bonchev–Trinajstić information content (AvgIpc) is 3.65. The van der Waals surface area contributed by atoms with Crippen LogP contribution >= 0.6 is 0 Å². The molecule has 1 aromatic heterocycles. The van der Waals surface area contributed by atoms with Crippen LogP contribution in [0.1, 0.15) is 33.2 Å². The number of fused-ring (bicyclic) bond motifs is 1. The number of hydrogen-bond acceptors (Lipinski definition) is 12. The topological polar surface area (TPSA) is 144 Å². The number of aromatic nitrogens is 1. The van der Waals surface area contributed by atoms with E-state index in [0.29, 0.717) is 57.3 Å². The Morgan fingerprint density at radius 2 is 1.35 bits per heavy atom. The van der Waals surface area contributed by atoms with Gasteiger partial charge < -0.3 is 48.3 Å². The Bertz CT molecular complexity index is 2020. The number of aryl methyl sites for hydroxylation is 1. The van der Waals surface area contributed by atoms with E-state index in [0.717, 1.165) is 33.5 Å². The number of carbonyl (C=O) groups excluding carboxylic acids is 1. The normalized spacial score (nSPS) is 13.4. The summed E-state index contributed by atoms with van der Waals surface area (Å²) in [5.41, 5.74) is 6.16. The molecule has 4 aromatic carbocycles. The van der Waals surface area contributed by atoms with Crippen LogP contribution in [0, 0.1) is 13.8 Å². The number of ether oxygens (including phenoxy) is 7. The van der Waals surface area contributed by atoms with Crippen molar-refractivity contribution in [3.8, 4) is 62.8 Å². The molecule has 0 spiro atoms. The summed E-state index contributed by atoms with van der Waals surface area (Å²) < 4.78 is 45.4. The third kappa shape index (κ3) is 7.15. The molecular weight excluding hydrogens is 656 g/mol. The lowest BCUT2D eigenvalue weighted by molar-refractivity contribution is 0.0935. The van der Waals surface area contributed by atoms with Crippen molar-refractivity contribution in [1.82, 2.24) is 15.8 Å². The van der Waals surface area contributed by atoms with E-state index < -0.39 is 6.17 Å². The van der Waals surface area contributed by atoms with Gasteiger partial charge in [-0.1, -0.05) is 22.9 Å². The van der Waals surface area contributed by atoms with Crippen molar-refractivity contribution in [1.29, 1.82) is 0 Å². The van der Waals surface area contributed by atoms with Gasteiger partial charge in [-0.05, 0) is 62.4 Å². The van der Waals surface area contributed by atoms with Crippen molar-refractivity contribution in [2.24, 2.45) is 0 Å². The van der Waals surface area contributed by atoms with Gasteiger partial charge in [-0.3, -0.25) is 10.1 Å². The number of hydrogen-bond donors (Lipinski definition) is 3. The maximum absolute atomic E-state index is 12.8. The molecule has 0 fully saturated rings. The van der Waals surface area contributed by atoms with Crippen molar-refractivity contribution in [3.63, 3.8) is 0 Å². The largest absolute Gasteiger partial charge is 0.493 e. The first-order chi connectivity index (χ1) is 24.8. The summed E-state index contributed by atoms with van der Waals surface area (Å²) in [6.45, 7) is 4.13. The molecule has 1 atom stereocenters. The Balaban J connectivity index is 1.09. The van der Waals surface area contributed by atoms with Gasteiger partial charge in [0.2, 0.25) is 5.75 Å². The summed E-state index contributed by atoms with van der Waals surface area (Å²) in [6.07, 6.45) is -0.425. The van der Waals surface area contributed by atoms with Crippen LogP contribution in [0.2, 0.25) is 0 Å². The predicted molar refractivity (Wildman–Crippen MR) is 190 cm³/mol. The van der Waals surface area contributed by atoms with E-state index in [4.69, 9.17) is 37.7 Å². The van der Waals surface area contributed by atoms with Gasteiger partial charge in [-0.25, -0.2) is 0 Å². The molecule has 266 valence electrons. The van der Waals surface area contributed by atoms with Gasteiger partial charge in [0, 0.05) is 34.0 Å². The molecule has 0 aliphatic carbocycles. The van der Waals surface area contributed by atoms with E-state index >= 15 is 0 Å². The Labute approximate surface area is 295 Å². The molecule has 2 heterocycles. The molecule has 13 nitrogen and oxygen atoms in total. The first kappa shape index (κ1) is 34.8. The molecule has 1 aliphatic rings. The van der Waals surface area contributed by atoms with Crippen molar-refractivity contribution >= 4 is 11.6 Å². The minimum absolute atomic E-state index is 0.114. The molecule has 1 unspecified atom stereocenters. The lowest BCUT2D eigenvalue weighted by Crippen LogP contribution is -2.38. The maximum atomic E-state index is 12.8. The van der Waals surface area contributed by atoms with Crippen LogP contribution in [0.4, 0.5) is 5.69 Å². The van der Waals surface area contributed by atoms with Gasteiger partial charge in [0.1, 0.15) is 25.3 Å². The highest BCUT2D eigenvalue weighted by molar-refractivity contribution is 6.02. The second-order valence-electron chi connectivity index (χ2n) is 11.6. The van der Waals surface area contributed by atoms with Gasteiger partial charge in [0.25, 0.3) is 5.91 Å². The first-order valence-electron chi connectivity index (χ1n) is 16.1. The highest BCUT2D eigenvalue weighted by atomic mass is 16.5. The average molecular weight is 697 g/mol. The van der Waals surface area contributed by atoms with Crippen LogP contribution in [0.25, 0.3) is 22.6 Å². The number of methoxy groups -OCH3 is 5. The predicted octanol–water partition coefficient (Wildman–Crippen LogP) is 6.48. The van der Waals surface area contributed by atoms with Crippen LogP contribution < -0.4 is 49.1 Å². The smallest absolute Gasteiger partial charge is 0.255 e. The molecule has 5 aromatic rings. The molecule has 0 radical (unpaired) electrons. The lowest BCUT2D eigenvalue weighted by atomic mass is 10.00. The Morgan fingerprint density at radius 3 is 2.04 bits per heavy atom. The van der Waals surface area contributed by atoms with E-state index in [1.165, 1.54) is 0 Å². The zero-order chi connectivity index (χ0) is 36.1. The third-order valence-corrected chi connectivity index (χ3v) is 8.50. The van der Waals surface area contributed by atoms with Crippen LogP contribution in [0.5, 0.6) is 40.2 Å². The van der Waals surface area contributed by atoms with E-state index in [1.807, 2.05) is 62.4 Å². The summed E-state index contributed by atoms with van der Waals surface area (Å²) in [5, 5.41) is 13.8. The summed E-state index contributed by atoms with van der Waals surface area (Å²) in [5.74, 6) is 4.02. The second kappa shape index (κ2) is 15.2. The number of amides is 1. The number of rotatable bonds is 14. The fourth-order valence-corrected chi connectivity index (χ4v) is 5.91. The van der Waals surface area contributed by atoms with Crippen LogP contribution in [0.3, 0.4) is 0 Å². The highest BCUT2D eigenvalue weighted by Gasteiger charge is 2.27. The van der Waals surface area contributed by atoms with Crippen molar-refractivity contribution < 1.29 is 42.5 Å². The minimum atomic E-state index is -0.425. The van der Waals surface area contributed by atoms with E-state index in [9.17, 15) is 4.79 Å². The van der Waals surface area contributed by atoms with Gasteiger partial charge in [0.05, 0.1) is 41.1 Å². The van der Waals surface area contributed by atoms with Crippen molar-refractivity contribution in [3.05, 3.63) is 89.0 Å². The quantitative estimate of drug-likeness (QED) is 0.0863. The molecule has 0 saturated carbocycles. The zero-order valence-electron chi connectivity index (χ0n) is 29.5. The van der Waals surface area contributed by atoms with Gasteiger partial charge in [0.15, 0.2) is 40.3 Å². The monoisotopic (exact) mass is 696 g/mol. The molecule has 13 heteroatoms. The van der Waals surface area contributed by atoms with E-state index in [1.54, 1.807) is 53.7 Å². The van der Waals surface area contributed by atoms with Crippen LogP contribution in [-0.4, -0.2) is 60.1 Å². The minimum Gasteiger partial charge on any atom is -0.493 e. The standard InChI is InChI=1S/C38H40N4O9/c1-21-8-11-27-26(14-21)38(43)41-37(40-27)25-10-13-30(35(47-6)22(25)2)49-19-39-20-50-32-15-23(9-12-29(32)44-3)31-18-28(42-51-31)24-16-33(45-4)36(48-7)34(17-24)46-5/h8-18,37,39-40H,19-20H2,1-7H3,(H,41,43). The fraction of sp³-hybridized carbons (Fsp3) is 0.263. The molecule has 1 aliphatic heterocycles. The summed E-state index contributed by atoms with van der Waals surface area (Å²) in [4.78, 5) is 12.8. The van der Waals surface area contributed by atoms with Crippen molar-refractivity contribution in [2.45, 2.75) is 20.0 Å². The number of benzene rings is 4. The SMILES string of the molecule is COc1ccc(-c2cc(-c3cc(OC)c(OC)c(OC)c3)no2)cc1OCNCOc1ccc(C2NC(=O)c3cc(C)ccc3N2)c(C)c1OC. The Kier molecular flexibility index (Phi) is 10.4. The third-order valence-electron chi connectivity index (χ3n) is 8.50. The van der Waals surface area contributed by atoms with Crippen LogP contribution in [0.15, 0.2) is 71.3 Å². The number of nitrogens with zero attached hydrogens (tertiary/aromatic N) is 1. The van der Waals surface area contributed by atoms with Crippen molar-refractivity contribution in [2.75, 3.05) is 54.3 Å². The molecule has 1 amide bonds. The Hall–Kier alpha value is -6.08. The van der Waals surface area contributed by atoms with Gasteiger partial charge in [-0.2, -0.15) is 0 Å². The van der Waals surface area contributed by atoms with E-state index in [2.05, 4.69) is 21.1 Å². The van der Waals surface area contributed by atoms with Crippen LogP contribution in [-0.2, 0) is 0 Å². The zero-order valence-corrected chi connectivity index (χ0v) is 29.5. The van der Waals surface area contributed by atoms with Gasteiger partial charge >= 0.3 is 0 Å². The van der Waals surface area contributed by atoms with E-state index in [-0.39, 0.29) is 19.4 Å². The molecule has 3 N–H and O–H groups in total. The maximum Gasteiger partial charge on any atom is 0.255 e. The summed E-state index contributed by atoms with van der Waals surface area (Å²) in [6, 6.07) is 20.4. The molecular formula is C38H40N4O9. The number of nitrogens with one attached hydrogen (secondary N) is 3. The Morgan fingerprint density at radius 1 is 0.686 bits per heavy atom. The second-order valence-corrected chi connectivity index (χ2v) is 11.6. The fourth-order valence-electron chi connectivity index (χ4n) is 5.91. The molecule has 51 heavy (non-hydrogen) atoms. The molecule has 0 bridgehead atoms. The first-order valence-corrected chi connectivity index (χ1v) is 16.1. The summed E-state index contributed by atoms with van der Waals surface area (Å²) >= 11 is 0. The number of carbonyl (C=O) groups is 1. The molecule has 6 rings (SSSR count). The van der Waals surface area contributed by atoms with Gasteiger partial charge in [-0.15, -0.1) is 0 Å².